The lowest BCUT2D eigenvalue weighted by atomic mass is 9.86. The number of carboxylic acids is 1. The van der Waals surface area contributed by atoms with E-state index in [-0.39, 0.29) is 31.0 Å². The molecular weight excluding hydrogens is 420 g/mol. The van der Waals surface area contributed by atoms with Crippen LogP contribution in [0.5, 0.6) is 0 Å². The highest BCUT2D eigenvalue weighted by atomic mass is 16.5. The second-order valence-corrected chi connectivity index (χ2v) is 8.34. The number of ether oxygens (including phenoxy) is 1. The van der Waals surface area contributed by atoms with Crippen molar-refractivity contribution in [3.63, 3.8) is 0 Å². The molecule has 1 saturated carbocycles. The predicted molar refractivity (Wildman–Crippen MR) is 122 cm³/mol. The fourth-order valence-corrected chi connectivity index (χ4v) is 4.60. The molecule has 7 heteroatoms. The van der Waals surface area contributed by atoms with E-state index < -0.39 is 18.0 Å². The fraction of sp³-hybridized carbons (Fsp3) is 0.346. The molecule has 7 nitrogen and oxygen atoms in total. The van der Waals surface area contributed by atoms with Crippen LogP contribution in [0.2, 0.25) is 0 Å². The van der Waals surface area contributed by atoms with Gasteiger partial charge in [0.25, 0.3) is 5.91 Å². The molecule has 2 aliphatic rings. The maximum atomic E-state index is 12.1. The van der Waals surface area contributed by atoms with Crippen molar-refractivity contribution >= 4 is 18.0 Å². The number of hydrogen-bond donors (Lipinski definition) is 3. The number of hydrogen-bond acceptors (Lipinski definition) is 4. The molecule has 0 aromatic heterocycles. The van der Waals surface area contributed by atoms with Gasteiger partial charge in [-0.1, -0.05) is 54.5 Å². The maximum absolute atomic E-state index is 12.1. The van der Waals surface area contributed by atoms with Crippen LogP contribution in [-0.2, 0) is 14.3 Å². The van der Waals surface area contributed by atoms with E-state index in [0.29, 0.717) is 25.7 Å². The van der Waals surface area contributed by atoms with Crippen LogP contribution in [0.3, 0.4) is 0 Å². The average molecular weight is 447 g/mol. The minimum Gasteiger partial charge on any atom is -0.481 e. The predicted octanol–water partition coefficient (Wildman–Crippen LogP) is 3.29. The van der Waals surface area contributed by atoms with Crippen LogP contribution < -0.4 is 10.6 Å². The molecule has 4 rings (SSSR count). The van der Waals surface area contributed by atoms with Gasteiger partial charge in [-0.15, -0.1) is 0 Å². The Morgan fingerprint density at radius 1 is 0.939 bits per heavy atom. The van der Waals surface area contributed by atoms with E-state index in [0.717, 1.165) is 22.3 Å². The Morgan fingerprint density at radius 2 is 1.55 bits per heavy atom. The molecule has 2 aromatic rings. The van der Waals surface area contributed by atoms with Crippen molar-refractivity contribution in [2.24, 2.45) is 5.92 Å². The van der Waals surface area contributed by atoms with Crippen molar-refractivity contribution in [1.29, 1.82) is 0 Å². The van der Waals surface area contributed by atoms with Gasteiger partial charge in [0.05, 0.1) is 12.5 Å². The summed E-state index contributed by atoms with van der Waals surface area (Å²) in [5.41, 5.74) is 4.60. The minimum atomic E-state index is -0.779. The third-order valence-corrected chi connectivity index (χ3v) is 6.28. The number of carboxylic acid groups (broad SMARTS) is 1. The molecule has 0 spiro atoms. The van der Waals surface area contributed by atoms with Gasteiger partial charge in [0.2, 0.25) is 0 Å². The lowest BCUT2D eigenvalue weighted by Crippen LogP contribution is -2.38. The molecule has 0 radical (unpaired) electrons. The van der Waals surface area contributed by atoms with E-state index in [4.69, 9.17) is 9.84 Å². The van der Waals surface area contributed by atoms with E-state index >= 15 is 0 Å². The zero-order chi connectivity index (χ0) is 23.2. The van der Waals surface area contributed by atoms with Crippen molar-refractivity contribution in [2.45, 2.75) is 37.6 Å². The largest absolute Gasteiger partial charge is 0.481 e. The molecular formula is C26H26N2O5. The summed E-state index contributed by atoms with van der Waals surface area (Å²) in [7, 11) is 0. The van der Waals surface area contributed by atoms with Crippen molar-refractivity contribution in [2.75, 3.05) is 13.2 Å². The zero-order valence-electron chi connectivity index (χ0n) is 18.2. The van der Waals surface area contributed by atoms with Crippen LogP contribution in [0, 0.1) is 17.8 Å². The molecule has 0 aliphatic heterocycles. The van der Waals surface area contributed by atoms with Gasteiger partial charge in [-0.3, -0.25) is 9.59 Å². The van der Waals surface area contributed by atoms with Gasteiger partial charge < -0.3 is 20.5 Å². The molecule has 0 bridgehead atoms. The van der Waals surface area contributed by atoms with Crippen molar-refractivity contribution in [3.8, 4) is 23.0 Å². The van der Waals surface area contributed by atoms with Gasteiger partial charge in [0.1, 0.15) is 6.61 Å². The third-order valence-electron chi connectivity index (χ3n) is 6.28. The van der Waals surface area contributed by atoms with Crippen LogP contribution in [0.1, 0.15) is 42.7 Å². The Balaban J connectivity index is 1.21. The van der Waals surface area contributed by atoms with Crippen LogP contribution in [0.15, 0.2) is 48.5 Å². The second kappa shape index (κ2) is 10.2. The monoisotopic (exact) mass is 446 g/mol. The number of fused-ring (bicyclic) bond motifs is 3. The second-order valence-electron chi connectivity index (χ2n) is 8.34. The number of carbonyl (C=O) groups excluding carboxylic acids is 2. The van der Waals surface area contributed by atoms with Crippen molar-refractivity contribution < 1.29 is 24.2 Å². The number of aliphatic carboxylic acids is 1. The summed E-state index contributed by atoms with van der Waals surface area (Å²) in [6.07, 6.45) is 1.78. The molecule has 33 heavy (non-hydrogen) atoms. The summed E-state index contributed by atoms with van der Waals surface area (Å²) in [6.45, 7) is 0.211. The fourth-order valence-electron chi connectivity index (χ4n) is 4.60. The molecule has 1 fully saturated rings. The summed E-state index contributed by atoms with van der Waals surface area (Å²) in [5, 5.41) is 14.4. The molecule has 0 atom stereocenters. The van der Waals surface area contributed by atoms with E-state index in [2.05, 4.69) is 46.7 Å². The van der Waals surface area contributed by atoms with Gasteiger partial charge in [0, 0.05) is 12.0 Å². The number of benzene rings is 2. The van der Waals surface area contributed by atoms with Crippen LogP contribution in [0.25, 0.3) is 11.1 Å². The molecule has 2 amide bonds. The van der Waals surface area contributed by atoms with Gasteiger partial charge >= 0.3 is 12.1 Å². The maximum Gasteiger partial charge on any atom is 0.407 e. The molecule has 0 saturated heterocycles. The van der Waals surface area contributed by atoms with Crippen molar-refractivity contribution in [3.05, 3.63) is 59.7 Å². The highest BCUT2D eigenvalue weighted by molar-refractivity contribution is 5.93. The van der Waals surface area contributed by atoms with Crippen LogP contribution in [0.4, 0.5) is 4.79 Å². The number of carbonyl (C=O) groups is 3. The molecule has 2 aromatic carbocycles. The van der Waals surface area contributed by atoms with Crippen LogP contribution >= 0.6 is 0 Å². The quantitative estimate of drug-likeness (QED) is 0.612. The van der Waals surface area contributed by atoms with Gasteiger partial charge in [-0.05, 0) is 53.9 Å². The number of rotatable bonds is 5. The summed E-state index contributed by atoms with van der Waals surface area (Å²) in [4.78, 5) is 35.1. The number of amides is 2. The van der Waals surface area contributed by atoms with Crippen LogP contribution in [-0.4, -0.2) is 42.3 Å². The third kappa shape index (κ3) is 5.35. The van der Waals surface area contributed by atoms with Gasteiger partial charge in [0.15, 0.2) is 0 Å². The summed E-state index contributed by atoms with van der Waals surface area (Å²) < 4.78 is 5.43. The Kier molecular flexibility index (Phi) is 6.94. The normalized spacial score (nSPS) is 18.8. The summed E-state index contributed by atoms with van der Waals surface area (Å²) in [6, 6.07) is 16.2. The van der Waals surface area contributed by atoms with E-state index in [1.807, 2.05) is 24.3 Å². The Morgan fingerprint density at radius 3 is 2.15 bits per heavy atom. The van der Waals surface area contributed by atoms with Gasteiger partial charge in [-0.25, -0.2) is 4.79 Å². The highest BCUT2D eigenvalue weighted by Gasteiger charge is 2.29. The standard InChI is InChI=1S/C26H26N2O5/c29-24(28-18-13-11-17(12-14-18)25(30)31)10-5-15-27-26(32)33-16-23-21-8-3-1-6-19(21)20-7-2-4-9-22(20)23/h1-4,6-9,17-18,23H,11-16H2,(H,27,32)(H,28,29)(H,30,31). The first-order chi connectivity index (χ1) is 16.0. The Bertz CT molecular complexity index is 1060. The van der Waals surface area contributed by atoms with Gasteiger partial charge in [-0.2, -0.15) is 0 Å². The minimum absolute atomic E-state index is 0.00412. The summed E-state index contributed by atoms with van der Waals surface area (Å²) in [5.74, 6) is 3.53. The first-order valence-corrected chi connectivity index (χ1v) is 11.1. The smallest absolute Gasteiger partial charge is 0.407 e. The number of alkyl carbamates (subject to hydrolysis) is 1. The summed E-state index contributed by atoms with van der Waals surface area (Å²) >= 11 is 0. The lowest BCUT2D eigenvalue weighted by Gasteiger charge is -2.25. The first kappa shape index (κ1) is 22.4. The SMILES string of the molecule is O=C(C#CCNC(=O)OCC1c2ccccc2-c2ccccc21)NC1CCC(C(=O)O)CC1. The first-order valence-electron chi connectivity index (χ1n) is 11.1. The van der Waals surface area contributed by atoms with Crippen molar-refractivity contribution in [1.82, 2.24) is 10.6 Å². The average Bonchev–Trinajstić information content (AvgIpc) is 3.14. The zero-order valence-corrected chi connectivity index (χ0v) is 18.2. The lowest BCUT2D eigenvalue weighted by molar-refractivity contribution is -0.142. The van der Waals surface area contributed by atoms with E-state index in [1.54, 1.807) is 0 Å². The van der Waals surface area contributed by atoms with E-state index in [9.17, 15) is 14.4 Å². The van der Waals surface area contributed by atoms with E-state index in [1.165, 1.54) is 0 Å². The number of nitrogens with one attached hydrogen (secondary N) is 2. The molecule has 0 heterocycles. The highest BCUT2D eigenvalue weighted by Crippen LogP contribution is 2.44. The molecule has 170 valence electrons. The topological polar surface area (TPSA) is 105 Å². The Hall–Kier alpha value is -3.79. The molecule has 2 aliphatic carbocycles. The molecule has 0 unspecified atom stereocenters. The Labute approximate surface area is 192 Å². The molecule has 3 N–H and O–H groups in total.